The third-order valence-corrected chi connectivity index (χ3v) is 6.38. The largest absolute Gasteiger partial charge is 0.356 e. The van der Waals surface area contributed by atoms with E-state index in [1.807, 2.05) is 41.1 Å². The minimum atomic E-state index is 0. The summed E-state index contributed by atoms with van der Waals surface area (Å²) in [6.07, 6.45) is 4.88. The number of amides is 1. The summed E-state index contributed by atoms with van der Waals surface area (Å²) >= 11 is 2.03. The van der Waals surface area contributed by atoms with Crippen LogP contribution < -0.4 is 15.5 Å². The zero-order valence-electron chi connectivity index (χ0n) is 16.5. The maximum Gasteiger partial charge on any atom is 0.224 e. The van der Waals surface area contributed by atoms with Crippen molar-refractivity contribution < 1.29 is 4.79 Å². The van der Waals surface area contributed by atoms with Gasteiger partial charge in [-0.25, -0.2) is 4.98 Å². The second-order valence-electron chi connectivity index (χ2n) is 6.82. The second kappa shape index (κ2) is 12.4. The van der Waals surface area contributed by atoms with Gasteiger partial charge in [0.25, 0.3) is 0 Å². The normalized spacial score (nSPS) is 19.9. The first-order chi connectivity index (χ1) is 13.3. The molecule has 1 atom stereocenters. The molecule has 2 aliphatic rings. The van der Waals surface area contributed by atoms with Gasteiger partial charge < -0.3 is 20.4 Å². The van der Waals surface area contributed by atoms with Crippen LogP contribution in [-0.2, 0) is 4.79 Å². The molecular formula is C19H31IN6OS. The Morgan fingerprint density at radius 1 is 1.29 bits per heavy atom. The van der Waals surface area contributed by atoms with Gasteiger partial charge in [0, 0.05) is 64.2 Å². The fourth-order valence-electron chi connectivity index (χ4n) is 3.41. The summed E-state index contributed by atoms with van der Waals surface area (Å²) in [5, 5.41) is 7.31. The number of nitrogens with one attached hydrogen (secondary N) is 2. The molecule has 2 fully saturated rings. The van der Waals surface area contributed by atoms with Crippen molar-refractivity contribution in [1.82, 2.24) is 20.5 Å². The minimum absolute atomic E-state index is 0. The number of guanidine groups is 1. The lowest BCUT2D eigenvalue weighted by atomic mass is 10.2. The van der Waals surface area contributed by atoms with Crippen molar-refractivity contribution in [3.05, 3.63) is 24.4 Å². The molecule has 2 aliphatic heterocycles. The number of aromatic nitrogens is 1. The number of hydrogen-bond donors (Lipinski definition) is 2. The monoisotopic (exact) mass is 518 g/mol. The highest BCUT2D eigenvalue weighted by atomic mass is 127. The third-order valence-electron chi connectivity index (χ3n) is 4.98. The fraction of sp³-hybridized carbons (Fsp3) is 0.632. The molecule has 1 unspecified atom stereocenters. The summed E-state index contributed by atoms with van der Waals surface area (Å²) in [6.45, 7) is 4.71. The topological polar surface area (TPSA) is 72.9 Å². The summed E-state index contributed by atoms with van der Waals surface area (Å²) in [6, 6.07) is 5.94. The maximum absolute atomic E-state index is 12.5. The highest BCUT2D eigenvalue weighted by Crippen LogP contribution is 2.25. The van der Waals surface area contributed by atoms with E-state index in [9.17, 15) is 4.79 Å². The van der Waals surface area contributed by atoms with Gasteiger partial charge in [0.2, 0.25) is 5.91 Å². The van der Waals surface area contributed by atoms with E-state index < -0.39 is 0 Å². The molecule has 156 valence electrons. The number of pyridine rings is 1. The van der Waals surface area contributed by atoms with Crippen LogP contribution in [0.5, 0.6) is 0 Å². The van der Waals surface area contributed by atoms with Gasteiger partial charge >= 0.3 is 0 Å². The molecule has 1 aromatic heterocycles. The average molecular weight is 518 g/mol. The van der Waals surface area contributed by atoms with Crippen molar-refractivity contribution >= 4 is 53.4 Å². The Morgan fingerprint density at radius 3 is 2.75 bits per heavy atom. The lowest BCUT2D eigenvalue weighted by Gasteiger charge is -2.35. The predicted molar refractivity (Wildman–Crippen MR) is 128 cm³/mol. The Labute approximate surface area is 189 Å². The number of carbonyl (C=O) groups is 1. The molecule has 2 saturated heterocycles. The molecule has 3 heterocycles. The smallest absolute Gasteiger partial charge is 0.224 e. The van der Waals surface area contributed by atoms with Crippen LogP contribution in [0, 0.1) is 0 Å². The van der Waals surface area contributed by atoms with Gasteiger partial charge in [0.1, 0.15) is 5.82 Å². The van der Waals surface area contributed by atoms with Gasteiger partial charge in [-0.3, -0.25) is 9.79 Å². The quantitative estimate of drug-likeness (QED) is 0.340. The number of piperazine rings is 1. The summed E-state index contributed by atoms with van der Waals surface area (Å²) in [4.78, 5) is 25.3. The van der Waals surface area contributed by atoms with E-state index in [-0.39, 0.29) is 29.9 Å². The SMILES string of the molecule is CN=C(NCCC(=O)N1CCN(c2ccccn2)CC1)NCC1CCCS1.I. The third kappa shape index (κ3) is 6.98. The van der Waals surface area contributed by atoms with Crippen molar-refractivity contribution in [1.29, 1.82) is 0 Å². The van der Waals surface area contributed by atoms with E-state index >= 15 is 0 Å². The van der Waals surface area contributed by atoms with Gasteiger partial charge in [-0.1, -0.05) is 6.07 Å². The average Bonchev–Trinajstić information content (AvgIpc) is 3.25. The lowest BCUT2D eigenvalue weighted by molar-refractivity contribution is -0.131. The van der Waals surface area contributed by atoms with Crippen LogP contribution in [0.15, 0.2) is 29.4 Å². The van der Waals surface area contributed by atoms with E-state index in [1.54, 1.807) is 7.05 Å². The highest BCUT2D eigenvalue weighted by Gasteiger charge is 2.21. The van der Waals surface area contributed by atoms with Crippen LogP contribution in [0.3, 0.4) is 0 Å². The van der Waals surface area contributed by atoms with Crippen LogP contribution >= 0.6 is 35.7 Å². The molecule has 7 nitrogen and oxygen atoms in total. The predicted octanol–water partition coefficient (Wildman–Crippen LogP) is 1.80. The molecule has 0 aliphatic carbocycles. The van der Waals surface area contributed by atoms with Crippen LogP contribution in [0.1, 0.15) is 19.3 Å². The molecule has 0 bridgehead atoms. The Kier molecular flexibility index (Phi) is 10.2. The van der Waals surface area contributed by atoms with E-state index in [0.29, 0.717) is 18.2 Å². The summed E-state index contributed by atoms with van der Waals surface area (Å²) in [5.74, 6) is 3.24. The maximum atomic E-state index is 12.5. The first-order valence-electron chi connectivity index (χ1n) is 9.76. The van der Waals surface area contributed by atoms with Crippen LogP contribution in [0.4, 0.5) is 5.82 Å². The first-order valence-corrected chi connectivity index (χ1v) is 10.8. The van der Waals surface area contributed by atoms with Crippen LogP contribution in [0.2, 0.25) is 0 Å². The highest BCUT2D eigenvalue weighted by molar-refractivity contribution is 14.0. The number of nitrogens with zero attached hydrogens (tertiary/aromatic N) is 4. The zero-order chi connectivity index (χ0) is 18.9. The van der Waals surface area contributed by atoms with E-state index in [0.717, 1.165) is 44.5 Å². The number of carbonyl (C=O) groups excluding carboxylic acids is 1. The molecule has 0 saturated carbocycles. The molecule has 28 heavy (non-hydrogen) atoms. The molecule has 1 aromatic rings. The number of thioether (sulfide) groups is 1. The number of anilines is 1. The van der Waals surface area contributed by atoms with Crippen molar-refractivity contribution in [2.45, 2.75) is 24.5 Å². The molecule has 3 rings (SSSR count). The fourth-order valence-corrected chi connectivity index (χ4v) is 4.61. The molecule has 0 radical (unpaired) electrons. The molecule has 9 heteroatoms. The van der Waals surface area contributed by atoms with Crippen molar-refractivity contribution in [3.63, 3.8) is 0 Å². The van der Waals surface area contributed by atoms with E-state index in [4.69, 9.17) is 0 Å². The standard InChI is InChI=1S/C19H30N6OS.HI/c1-20-19(23-15-16-5-4-14-27-16)22-9-7-18(26)25-12-10-24(11-13-25)17-6-2-3-8-21-17;/h2-3,6,8,16H,4-5,7,9-15H2,1H3,(H2,20,22,23);1H. The van der Waals surface area contributed by atoms with Gasteiger partial charge in [0.15, 0.2) is 5.96 Å². The first kappa shape index (κ1) is 23.1. The molecule has 2 N–H and O–H groups in total. The van der Waals surface area contributed by atoms with Crippen molar-refractivity contribution in [3.8, 4) is 0 Å². The number of halogens is 1. The second-order valence-corrected chi connectivity index (χ2v) is 8.23. The summed E-state index contributed by atoms with van der Waals surface area (Å²) in [5.41, 5.74) is 0. The number of rotatable bonds is 6. The summed E-state index contributed by atoms with van der Waals surface area (Å²) in [7, 11) is 1.77. The number of aliphatic imine (C=N–C) groups is 1. The van der Waals surface area contributed by atoms with Gasteiger partial charge in [-0.15, -0.1) is 24.0 Å². The lowest BCUT2D eigenvalue weighted by Crippen LogP contribution is -2.49. The molecular weight excluding hydrogens is 487 g/mol. The Morgan fingerprint density at radius 2 is 2.11 bits per heavy atom. The van der Waals surface area contributed by atoms with Crippen molar-refractivity contribution in [2.24, 2.45) is 4.99 Å². The van der Waals surface area contributed by atoms with E-state index in [2.05, 4.69) is 25.5 Å². The molecule has 1 amide bonds. The molecule has 0 spiro atoms. The van der Waals surface area contributed by atoms with Gasteiger partial charge in [-0.05, 0) is 30.7 Å². The zero-order valence-corrected chi connectivity index (χ0v) is 19.6. The van der Waals surface area contributed by atoms with Crippen molar-refractivity contribution in [2.75, 3.05) is 57.0 Å². The minimum Gasteiger partial charge on any atom is -0.356 e. The Bertz CT molecular complexity index is 618. The number of hydrogen-bond acceptors (Lipinski definition) is 5. The Balaban J connectivity index is 0.00000280. The molecule has 0 aromatic carbocycles. The Hall–Kier alpha value is -1.23. The van der Waals surface area contributed by atoms with Gasteiger partial charge in [-0.2, -0.15) is 11.8 Å². The van der Waals surface area contributed by atoms with E-state index in [1.165, 1.54) is 18.6 Å². The van der Waals surface area contributed by atoms with Crippen LogP contribution in [-0.4, -0.2) is 79.1 Å². The van der Waals surface area contributed by atoms with Crippen LogP contribution in [0.25, 0.3) is 0 Å². The summed E-state index contributed by atoms with van der Waals surface area (Å²) < 4.78 is 0. The van der Waals surface area contributed by atoms with Gasteiger partial charge in [0.05, 0.1) is 0 Å².